The van der Waals surface area contributed by atoms with E-state index in [-0.39, 0.29) is 23.8 Å². The topological polar surface area (TPSA) is 113 Å². The molecule has 0 aliphatic rings. The largest absolute Gasteiger partial charge is 0.480 e. The number of rotatable bonds is 4. The maximum Gasteiger partial charge on any atom is 0.343 e. The third-order valence-electron chi connectivity index (χ3n) is 2.68. The molecule has 8 heteroatoms. The molecule has 0 unspecified atom stereocenters. The second kappa shape index (κ2) is 6.12. The number of nitrogens with zero attached hydrogens (tertiary/aromatic N) is 4. The molecule has 2 N–H and O–H groups in total. The van der Waals surface area contributed by atoms with E-state index in [2.05, 4.69) is 20.2 Å². The predicted molar refractivity (Wildman–Crippen MR) is 74.7 cm³/mol. The highest BCUT2D eigenvalue weighted by molar-refractivity contribution is 5.95. The van der Waals surface area contributed by atoms with Crippen LogP contribution in [0.2, 0.25) is 0 Å². The monoisotopic (exact) mass is 289 g/mol. The van der Waals surface area contributed by atoms with Gasteiger partial charge in [0.15, 0.2) is 5.82 Å². The smallest absolute Gasteiger partial charge is 0.343 e. The second-order valence-electron chi connectivity index (χ2n) is 4.07. The third-order valence-corrected chi connectivity index (χ3v) is 2.68. The van der Waals surface area contributed by atoms with Crippen molar-refractivity contribution in [2.24, 2.45) is 0 Å². The zero-order valence-electron chi connectivity index (χ0n) is 12.0. The van der Waals surface area contributed by atoms with E-state index in [4.69, 9.17) is 15.2 Å². The summed E-state index contributed by atoms with van der Waals surface area (Å²) in [6.45, 7) is 3.62. The van der Waals surface area contributed by atoms with Crippen molar-refractivity contribution in [3.05, 3.63) is 23.4 Å². The van der Waals surface area contributed by atoms with E-state index in [1.54, 1.807) is 26.0 Å². The number of ether oxygens (including phenoxy) is 2. The molecule has 8 nitrogen and oxygen atoms in total. The zero-order chi connectivity index (χ0) is 15.4. The number of methoxy groups -OCH3 is 1. The third kappa shape index (κ3) is 3.04. The van der Waals surface area contributed by atoms with Gasteiger partial charge in [-0.3, -0.25) is 0 Å². The van der Waals surface area contributed by atoms with E-state index in [1.165, 1.54) is 7.11 Å². The fraction of sp³-hybridized carbons (Fsp3) is 0.308. The van der Waals surface area contributed by atoms with E-state index >= 15 is 0 Å². The van der Waals surface area contributed by atoms with Crippen molar-refractivity contribution in [1.29, 1.82) is 0 Å². The Hall–Kier alpha value is -2.77. The molecule has 2 aromatic heterocycles. The molecule has 21 heavy (non-hydrogen) atoms. The average Bonchev–Trinajstić information content (AvgIpc) is 2.47. The zero-order valence-corrected chi connectivity index (χ0v) is 12.0. The first-order valence-electron chi connectivity index (χ1n) is 6.26. The Kier molecular flexibility index (Phi) is 4.27. The van der Waals surface area contributed by atoms with Crippen LogP contribution in [-0.4, -0.2) is 39.9 Å². The highest BCUT2D eigenvalue weighted by Gasteiger charge is 2.19. The molecular weight excluding hydrogens is 274 g/mol. The Morgan fingerprint density at radius 3 is 2.57 bits per heavy atom. The number of hydrogen-bond donors (Lipinski definition) is 1. The molecule has 0 aliphatic heterocycles. The quantitative estimate of drug-likeness (QED) is 0.829. The summed E-state index contributed by atoms with van der Waals surface area (Å²) in [5.41, 5.74) is 6.85. The van der Waals surface area contributed by atoms with Crippen LogP contribution < -0.4 is 10.5 Å². The Morgan fingerprint density at radius 1 is 1.29 bits per heavy atom. The SMILES string of the molecule is CCOC(=O)c1c(C)nc(-c2ccc(OC)nn2)nc1N. The fourth-order valence-electron chi connectivity index (χ4n) is 1.71. The van der Waals surface area contributed by atoms with Gasteiger partial charge in [-0.2, -0.15) is 0 Å². The van der Waals surface area contributed by atoms with Crippen LogP contribution >= 0.6 is 0 Å². The predicted octanol–water partition coefficient (Wildman–Crippen LogP) is 1.01. The van der Waals surface area contributed by atoms with E-state index in [1.807, 2.05) is 0 Å². The molecule has 2 aromatic rings. The van der Waals surface area contributed by atoms with Gasteiger partial charge in [-0.1, -0.05) is 0 Å². The number of esters is 1. The lowest BCUT2D eigenvalue weighted by Crippen LogP contribution is -2.14. The summed E-state index contributed by atoms with van der Waals surface area (Å²) in [5.74, 6) is 0.174. The Labute approximate surface area is 121 Å². The maximum absolute atomic E-state index is 11.8. The standard InChI is InChI=1S/C13H15N5O3/c1-4-21-13(19)10-7(2)15-12(16-11(10)14)8-5-6-9(20-3)18-17-8/h5-6H,4H2,1-3H3,(H2,14,15,16). The molecule has 110 valence electrons. The number of nitrogens with two attached hydrogens (primary N) is 1. The van der Waals surface area contributed by atoms with Crippen LogP contribution in [-0.2, 0) is 4.74 Å². The summed E-state index contributed by atoms with van der Waals surface area (Å²) in [7, 11) is 1.50. The number of carbonyl (C=O) groups excluding carboxylic acids is 1. The minimum Gasteiger partial charge on any atom is -0.480 e. The van der Waals surface area contributed by atoms with Crippen molar-refractivity contribution < 1.29 is 14.3 Å². The number of aryl methyl sites for hydroxylation is 1. The van der Waals surface area contributed by atoms with Gasteiger partial charge < -0.3 is 15.2 Å². The van der Waals surface area contributed by atoms with Gasteiger partial charge in [0.1, 0.15) is 17.1 Å². The highest BCUT2D eigenvalue weighted by Crippen LogP contribution is 2.20. The number of aromatic nitrogens is 4. The van der Waals surface area contributed by atoms with E-state index in [0.29, 0.717) is 17.3 Å². The van der Waals surface area contributed by atoms with Crippen LogP contribution in [0.5, 0.6) is 5.88 Å². The molecule has 0 fully saturated rings. The van der Waals surface area contributed by atoms with Crippen LogP contribution in [0.1, 0.15) is 23.0 Å². The summed E-state index contributed by atoms with van der Waals surface area (Å²) in [4.78, 5) is 20.1. The second-order valence-corrected chi connectivity index (χ2v) is 4.07. The Morgan fingerprint density at radius 2 is 2.05 bits per heavy atom. The van der Waals surface area contributed by atoms with Gasteiger partial charge >= 0.3 is 5.97 Å². The molecule has 0 saturated carbocycles. The molecule has 2 heterocycles. The van der Waals surface area contributed by atoms with Crippen LogP contribution in [0.15, 0.2) is 12.1 Å². The number of anilines is 1. The van der Waals surface area contributed by atoms with Crippen LogP contribution in [0.4, 0.5) is 5.82 Å². The van der Waals surface area contributed by atoms with Gasteiger partial charge in [0.2, 0.25) is 5.88 Å². The molecule has 0 amide bonds. The lowest BCUT2D eigenvalue weighted by atomic mass is 10.2. The normalized spacial score (nSPS) is 10.2. The first-order valence-corrected chi connectivity index (χ1v) is 6.26. The number of carbonyl (C=O) groups is 1. The van der Waals surface area contributed by atoms with E-state index < -0.39 is 5.97 Å². The Balaban J connectivity index is 2.41. The first kappa shape index (κ1) is 14.6. The summed E-state index contributed by atoms with van der Waals surface area (Å²) >= 11 is 0. The molecule has 0 aliphatic carbocycles. The number of hydrogen-bond acceptors (Lipinski definition) is 8. The molecule has 0 bridgehead atoms. The molecule has 0 aromatic carbocycles. The Bertz CT molecular complexity index is 634. The van der Waals surface area contributed by atoms with Crippen molar-refractivity contribution in [2.75, 3.05) is 19.5 Å². The molecule has 0 spiro atoms. The van der Waals surface area contributed by atoms with E-state index in [9.17, 15) is 4.79 Å². The van der Waals surface area contributed by atoms with Gasteiger partial charge in [-0.05, 0) is 19.9 Å². The molecule has 2 rings (SSSR count). The lowest BCUT2D eigenvalue weighted by molar-refractivity contribution is 0.0526. The van der Waals surface area contributed by atoms with Crippen LogP contribution in [0, 0.1) is 6.92 Å². The average molecular weight is 289 g/mol. The van der Waals surface area contributed by atoms with Crippen molar-refractivity contribution >= 4 is 11.8 Å². The van der Waals surface area contributed by atoms with Gasteiger partial charge in [-0.15, -0.1) is 10.2 Å². The van der Waals surface area contributed by atoms with Gasteiger partial charge in [-0.25, -0.2) is 14.8 Å². The van der Waals surface area contributed by atoms with Crippen molar-refractivity contribution in [1.82, 2.24) is 20.2 Å². The van der Waals surface area contributed by atoms with Gasteiger partial charge in [0.25, 0.3) is 0 Å². The molecular formula is C13H15N5O3. The minimum atomic E-state index is -0.542. The van der Waals surface area contributed by atoms with Crippen molar-refractivity contribution in [3.8, 4) is 17.4 Å². The molecule has 0 atom stereocenters. The maximum atomic E-state index is 11.8. The fourth-order valence-corrected chi connectivity index (χ4v) is 1.71. The number of nitrogen functional groups attached to an aromatic ring is 1. The molecule has 0 radical (unpaired) electrons. The summed E-state index contributed by atoms with van der Waals surface area (Å²) in [5, 5.41) is 7.78. The van der Waals surface area contributed by atoms with Crippen molar-refractivity contribution in [2.45, 2.75) is 13.8 Å². The van der Waals surface area contributed by atoms with Gasteiger partial charge in [0, 0.05) is 6.07 Å². The molecule has 0 saturated heterocycles. The lowest BCUT2D eigenvalue weighted by Gasteiger charge is -2.09. The van der Waals surface area contributed by atoms with Crippen LogP contribution in [0.25, 0.3) is 11.5 Å². The van der Waals surface area contributed by atoms with Gasteiger partial charge in [0.05, 0.1) is 19.4 Å². The van der Waals surface area contributed by atoms with Crippen LogP contribution in [0.3, 0.4) is 0 Å². The summed E-state index contributed by atoms with van der Waals surface area (Å²) in [6, 6.07) is 3.29. The summed E-state index contributed by atoms with van der Waals surface area (Å²) < 4.78 is 9.85. The summed E-state index contributed by atoms with van der Waals surface area (Å²) in [6.07, 6.45) is 0. The highest BCUT2D eigenvalue weighted by atomic mass is 16.5. The minimum absolute atomic E-state index is 0.0496. The van der Waals surface area contributed by atoms with E-state index in [0.717, 1.165) is 0 Å². The first-order chi connectivity index (χ1) is 10.1. The van der Waals surface area contributed by atoms with Crippen molar-refractivity contribution in [3.63, 3.8) is 0 Å².